The SMILES string of the molecule is Nc1c(-c2ccccc2)cc(-c2cccc3c2ccc2ccccc23)cc1-c1ccccc1. The molecule has 0 bridgehead atoms. The van der Waals surface area contributed by atoms with Gasteiger partial charge < -0.3 is 5.73 Å². The van der Waals surface area contributed by atoms with Gasteiger partial charge in [0.25, 0.3) is 0 Å². The normalized spacial score (nSPS) is 11.2. The third kappa shape index (κ3) is 3.35. The number of fused-ring (bicyclic) bond motifs is 3. The lowest BCUT2D eigenvalue weighted by Crippen LogP contribution is -1.96. The van der Waals surface area contributed by atoms with Gasteiger partial charge in [-0.3, -0.25) is 0 Å². The van der Waals surface area contributed by atoms with Gasteiger partial charge in [-0.15, -0.1) is 0 Å². The van der Waals surface area contributed by atoms with E-state index in [-0.39, 0.29) is 0 Å². The fourth-order valence-electron chi connectivity index (χ4n) is 4.81. The first-order valence-corrected chi connectivity index (χ1v) is 11.2. The van der Waals surface area contributed by atoms with E-state index in [2.05, 4.69) is 115 Å². The fourth-order valence-corrected chi connectivity index (χ4v) is 4.81. The van der Waals surface area contributed by atoms with Crippen molar-refractivity contribution in [3.63, 3.8) is 0 Å². The molecule has 0 radical (unpaired) electrons. The highest BCUT2D eigenvalue weighted by molar-refractivity contribution is 6.12. The quantitative estimate of drug-likeness (QED) is 0.225. The van der Waals surface area contributed by atoms with Crippen molar-refractivity contribution < 1.29 is 0 Å². The van der Waals surface area contributed by atoms with E-state index >= 15 is 0 Å². The highest BCUT2D eigenvalue weighted by Gasteiger charge is 2.14. The first-order chi connectivity index (χ1) is 16.3. The van der Waals surface area contributed by atoms with Gasteiger partial charge in [0.15, 0.2) is 0 Å². The first-order valence-electron chi connectivity index (χ1n) is 11.2. The minimum Gasteiger partial charge on any atom is -0.398 e. The Morgan fingerprint density at radius 2 is 0.939 bits per heavy atom. The second-order valence-corrected chi connectivity index (χ2v) is 8.40. The molecule has 0 unspecified atom stereocenters. The molecule has 156 valence electrons. The smallest absolute Gasteiger partial charge is 0.0473 e. The maximum atomic E-state index is 6.78. The van der Waals surface area contributed by atoms with Crippen molar-refractivity contribution >= 4 is 27.2 Å². The van der Waals surface area contributed by atoms with Crippen LogP contribution < -0.4 is 5.73 Å². The molecule has 0 aromatic heterocycles. The summed E-state index contributed by atoms with van der Waals surface area (Å²) in [5, 5.41) is 5.05. The molecular formula is C32H23N. The Morgan fingerprint density at radius 3 is 1.61 bits per heavy atom. The minimum atomic E-state index is 0.807. The average Bonchev–Trinajstić information content (AvgIpc) is 2.89. The van der Waals surface area contributed by atoms with Gasteiger partial charge in [0.2, 0.25) is 0 Å². The van der Waals surface area contributed by atoms with Crippen LogP contribution >= 0.6 is 0 Å². The van der Waals surface area contributed by atoms with Crippen molar-refractivity contribution in [1.29, 1.82) is 0 Å². The predicted octanol–water partition coefficient (Wildman–Crippen LogP) is 8.58. The van der Waals surface area contributed by atoms with E-state index in [0.717, 1.165) is 27.9 Å². The zero-order valence-corrected chi connectivity index (χ0v) is 18.2. The van der Waals surface area contributed by atoms with Crippen molar-refractivity contribution in [3.8, 4) is 33.4 Å². The van der Waals surface area contributed by atoms with Crippen molar-refractivity contribution in [2.24, 2.45) is 0 Å². The molecule has 1 heteroatoms. The Morgan fingerprint density at radius 1 is 0.364 bits per heavy atom. The van der Waals surface area contributed by atoms with Crippen LogP contribution in [0.1, 0.15) is 0 Å². The molecule has 2 N–H and O–H groups in total. The number of rotatable bonds is 3. The fraction of sp³-hybridized carbons (Fsp3) is 0. The molecule has 33 heavy (non-hydrogen) atoms. The summed E-state index contributed by atoms with van der Waals surface area (Å²) in [4.78, 5) is 0. The number of nitrogen functional groups attached to an aromatic ring is 1. The molecule has 1 nitrogen and oxygen atoms in total. The van der Waals surface area contributed by atoms with E-state index in [0.29, 0.717) is 0 Å². The lowest BCUT2D eigenvalue weighted by atomic mass is 9.89. The van der Waals surface area contributed by atoms with Crippen molar-refractivity contribution in [3.05, 3.63) is 127 Å². The summed E-state index contributed by atoms with van der Waals surface area (Å²) in [6.07, 6.45) is 0. The summed E-state index contributed by atoms with van der Waals surface area (Å²) in [5.74, 6) is 0. The zero-order chi connectivity index (χ0) is 22.2. The maximum absolute atomic E-state index is 6.78. The standard InChI is InChI=1S/C32H23N/c33-32-30(22-10-3-1-4-11-22)20-25(21-31(32)23-12-5-2-6-13-23)27-16-9-17-28-26-15-8-7-14-24(26)18-19-29(27)28/h1-21H,33H2. The van der Waals surface area contributed by atoms with E-state index in [4.69, 9.17) is 5.73 Å². The molecule has 0 spiro atoms. The Hall–Kier alpha value is -4.36. The van der Waals surface area contributed by atoms with Crippen LogP contribution in [0.5, 0.6) is 0 Å². The molecule has 0 amide bonds. The molecule has 0 aliphatic heterocycles. The highest BCUT2D eigenvalue weighted by Crippen LogP contribution is 2.41. The van der Waals surface area contributed by atoms with Gasteiger partial charge in [-0.1, -0.05) is 115 Å². The van der Waals surface area contributed by atoms with Crippen LogP contribution in [0, 0.1) is 0 Å². The van der Waals surface area contributed by atoms with Crippen LogP contribution in [-0.4, -0.2) is 0 Å². The van der Waals surface area contributed by atoms with Crippen LogP contribution in [-0.2, 0) is 0 Å². The summed E-state index contributed by atoms with van der Waals surface area (Å²) in [6.45, 7) is 0. The van der Waals surface area contributed by atoms with Gasteiger partial charge in [-0.2, -0.15) is 0 Å². The van der Waals surface area contributed by atoms with Crippen LogP contribution in [0.4, 0.5) is 5.69 Å². The van der Waals surface area contributed by atoms with Crippen molar-refractivity contribution in [1.82, 2.24) is 0 Å². The van der Waals surface area contributed by atoms with E-state index in [9.17, 15) is 0 Å². The molecule has 6 aromatic carbocycles. The molecule has 0 saturated carbocycles. The minimum absolute atomic E-state index is 0.807. The molecular weight excluding hydrogens is 398 g/mol. The molecule has 0 aliphatic rings. The number of hydrogen-bond donors (Lipinski definition) is 1. The van der Waals surface area contributed by atoms with Gasteiger partial charge in [0, 0.05) is 16.8 Å². The van der Waals surface area contributed by atoms with Crippen LogP contribution in [0.25, 0.3) is 54.9 Å². The highest BCUT2D eigenvalue weighted by atomic mass is 14.6. The Bertz CT molecular complexity index is 1540. The van der Waals surface area contributed by atoms with Crippen molar-refractivity contribution in [2.75, 3.05) is 5.73 Å². The van der Waals surface area contributed by atoms with Gasteiger partial charge in [0.1, 0.15) is 0 Å². The molecule has 6 aromatic rings. The Labute approximate surface area is 193 Å². The summed E-state index contributed by atoms with van der Waals surface area (Å²) < 4.78 is 0. The van der Waals surface area contributed by atoms with E-state index in [1.807, 2.05) is 12.1 Å². The molecule has 0 saturated heterocycles. The number of benzene rings is 6. The molecule has 0 aliphatic carbocycles. The average molecular weight is 422 g/mol. The van der Waals surface area contributed by atoms with E-state index < -0.39 is 0 Å². The number of anilines is 1. The van der Waals surface area contributed by atoms with Crippen LogP contribution in [0.15, 0.2) is 127 Å². The summed E-state index contributed by atoms with van der Waals surface area (Å²) in [7, 11) is 0. The molecule has 0 atom stereocenters. The summed E-state index contributed by atoms with van der Waals surface area (Å²) in [6, 6.07) is 44.9. The van der Waals surface area contributed by atoms with Gasteiger partial charge >= 0.3 is 0 Å². The van der Waals surface area contributed by atoms with Gasteiger partial charge in [-0.05, 0) is 55.9 Å². The topological polar surface area (TPSA) is 26.0 Å². The monoisotopic (exact) mass is 421 g/mol. The number of nitrogens with two attached hydrogens (primary N) is 1. The molecule has 0 heterocycles. The predicted molar refractivity (Wildman–Crippen MR) is 142 cm³/mol. The second kappa shape index (κ2) is 7.96. The Kier molecular flexibility index (Phi) is 4.66. The first kappa shape index (κ1) is 19.3. The Balaban J connectivity index is 1.66. The number of hydrogen-bond acceptors (Lipinski definition) is 1. The second-order valence-electron chi connectivity index (χ2n) is 8.40. The lowest BCUT2D eigenvalue weighted by Gasteiger charge is -2.17. The van der Waals surface area contributed by atoms with E-state index in [1.54, 1.807) is 0 Å². The largest absolute Gasteiger partial charge is 0.398 e. The zero-order valence-electron chi connectivity index (χ0n) is 18.2. The van der Waals surface area contributed by atoms with E-state index in [1.165, 1.54) is 32.7 Å². The van der Waals surface area contributed by atoms with Crippen LogP contribution in [0.3, 0.4) is 0 Å². The molecule has 0 fully saturated rings. The maximum Gasteiger partial charge on any atom is 0.0473 e. The lowest BCUT2D eigenvalue weighted by molar-refractivity contribution is 1.57. The summed E-state index contributed by atoms with van der Waals surface area (Å²) in [5.41, 5.74) is 14.3. The van der Waals surface area contributed by atoms with Crippen molar-refractivity contribution in [2.45, 2.75) is 0 Å². The third-order valence-corrected chi connectivity index (χ3v) is 6.45. The van der Waals surface area contributed by atoms with Crippen LogP contribution in [0.2, 0.25) is 0 Å². The van der Waals surface area contributed by atoms with Gasteiger partial charge in [0.05, 0.1) is 0 Å². The van der Waals surface area contributed by atoms with Gasteiger partial charge in [-0.25, -0.2) is 0 Å². The third-order valence-electron chi connectivity index (χ3n) is 6.45. The molecule has 6 rings (SSSR count). The summed E-state index contributed by atoms with van der Waals surface area (Å²) >= 11 is 0.